The Morgan fingerprint density at radius 1 is 1.55 bits per heavy atom. The zero-order chi connectivity index (χ0) is 8.85. The molecule has 62 valence electrons. The molecule has 0 fully saturated rings. The summed E-state index contributed by atoms with van der Waals surface area (Å²) in [5.41, 5.74) is 0. The fourth-order valence-corrected chi connectivity index (χ4v) is 0.974. The van der Waals surface area contributed by atoms with Crippen molar-refractivity contribution in [3.05, 3.63) is 0 Å². The first-order chi connectivity index (χ1) is 5.11. The van der Waals surface area contributed by atoms with Gasteiger partial charge in [0, 0.05) is 6.42 Å². The predicted octanol–water partition coefficient (Wildman–Crippen LogP) is 2.15. The molecule has 0 saturated carbocycles. The van der Waals surface area contributed by atoms with Gasteiger partial charge in [-0.05, 0) is 12.3 Å². The highest BCUT2D eigenvalue weighted by molar-refractivity contribution is 5.82. The average Bonchev–Trinajstić information content (AvgIpc) is 1.98. The second kappa shape index (κ2) is 4.90. The van der Waals surface area contributed by atoms with E-state index in [-0.39, 0.29) is 11.7 Å². The van der Waals surface area contributed by atoms with Gasteiger partial charge in [-0.25, -0.2) is 0 Å². The number of carbonyl (C=O) groups is 1. The van der Waals surface area contributed by atoms with E-state index >= 15 is 0 Å². The van der Waals surface area contributed by atoms with Gasteiger partial charge in [-0.2, -0.15) is 5.26 Å². The number of nitrogens with zero attached hydrogens (tertiary/aromatic N) is 1. The number of hydrogen-bond acceptors (Lipinski definition) is 2. The molecule has 0 aliphatic carbocycles. The van der Waals surface area contributed by atoms with Gasteiger partial charge in [0.15, 0.2) is 0 Å². The van der Waals surface area contributed by atoms with Gasteiger partial charge in [-0.3, -0.25) is 4.79 Å². The Bertz CT molecular complexity index is 167. The third kappa shape index (κ3) is 3.77. The smallest absolute Gasteiger partial charge is 0.149 e. The fourth-order valence-electron chi connectivity index (χ4n) is 0.974. The molecule has 1 unspecified atom stereocenters. The van der Waals surface area contributed by atoms with Crippen LogP contribution in [0.15, 0.2) is 0 Å². The van der Waals surface area contributed by atoms with Crippen molar-refractivity contribution in [2.75, 3.05) is 0 Å². The molecule has 0 radical (unpaired) electrons. The first kappa shape index (κ1) is 10.2. The summed E-state index contributed by atoms with van der Waals surface area (Å²) in [5.74, 6) is 0.122. The van der Waals surface area contributed by atoms with Gasteiger partial charge in [-0.1, -0.05) is 20.8 Å². The number of carbonyl (C=O) groups excluding carboxylic acids is 1. The first-order valence-corrected chi connectivity index (χ1v) is 4.04. The molecule has 0 N–H and O–H groups in total. The highest BCUT2D eigenvalue weighted by Gasteiger charge is 2.16. The van der Waals surface area contributed by atoms with E-state index in [9.17, 15) is 4.79 Å². The van der Waals surface area contributed by atoms with Gasteiger partial charge in [0.25, 0.3) is 0 Å². The first-order valence-electron chi connectivity index (χ1n) is 4.04. The van der Waals surface area contributed by atoms with Gasteiger partial charge in [0.2, 0.25) is 0 Å². The maximum absolute atomic E-state index is 11.1. The van der Waals surface area contributed by atoms with Crippen LogP contribution in [0.25, 0.3) is 0 Å². The Labute approximate surface area is 68.2 Å². The molecule has 1 atom stereocenters. The average molecular weight is 153 g/mol. The van der Waals surface area contributed by atoms with Crippen molar-refractivity contribution < 1.29 is 4.79 Å². The van der Waals surface area contributed by atoms with Crippen LogP contribution in [0.2, 0.25) is 0 Å². The number of rotatable bonds is 4. The summed E-state index contributed by atoms with van der Waals surface area (Å²) in [6.45, 7) is 5.84. The molecule has 0 heterocycles. The lowest BCUT2D eigenvalue weighted by molar-refractivity contribution is -0.121. The molecule has 2 nitrogen and oxygen atoms in total. The molecule has 0 aliphatic rings. The van der Waals surface area contributed by atoms with Crippen LogP contribution in [-0.2, 0) is 4.79 Å². The normalized spacial score (nSPS) is 12.6. The molecule has 0 bridgehead atoms. The molecule has 11 heavy (non-hydrogen) atoms. The molecule has 0 amide bonds. The number of hydrogen-bond donors (Lipinski definition) is 0. The summed E-state index contributed by atoms with van der Waals surface area (Å²) < 4.78 is 0. The number of ketones is 1. The summed E-state index contributed by atoms with van der Waals surface area (Å²) in [6, 6.07) is 2.03. The molecular weight excluding hydrogens is 138 g/mol. The van der Waals surface area contributed by atoms with E-state index in [1.165, 1.54) is 0 Å². The maximum atomic E-state index is 11.1. The number of Topliss-reactive ketones (excluding diaryl/α,β-unsaturated/α-hetero) is 1. The Kier molecular flexibility index (Phi) is 4.52. The van der Waals surface area contributed by atoms with Gasteiger partial charge in [0.1, 0.15) is 11.7 Å². The van der Waals surface area contributed by atoms with Crippen LogP contribution in [0.5, 0.6) is 0 Å². The van der Waals surface area contributed by atoms with Crippen LogP contribution in [-0.4, -0.2) is 5.78 Å². The minimum atomic E-state index is -0.375. The second-order valence-electron chi connectivity index (χ2n) is 3.13. The minimum Gasteiger partial charge on any atom is -0.298 e. The van der Waals surface area contributed by atoms with Crippen LogP contribution >= 0.6 is 0 Å². The van der Waals surface area contributed by atoms with E-state index in [4.69, 9.17) is 5.26 Å². The van der Waals surface area contributed by atoms with Gasteiger partial charge < -0.3 is 0 Å². The molecule has 2 heteroatoms. The van der Waals surface area contributed by atoms with E-state index in [0.717, 1.165) is 0 Å². The van der Waals surface area contributed by atoms with Crippen molar-refractivity contribution in [1.82, 2.24) is 0 Å². The molecule has 0 aromatic rings. The zero-order valence-electron chi connectivity index (χ0n) is 7.42. The second-order valence-corrected chi connectivity index (χ2v) is 3.13. The van der Waals surface area contributed by atoms with Crippen molar-refractivity contribution in [1.29, 1.82) is 5.26 Å². The molecule has 0 aromatic heterocycles. The summed E-state index contributed by atoms with van der Waals surface area (Å²) in [5, 5.41) is 8.61. The SMILES string of the molecule is CCC(=O)C(C#N)CC(C)C. The van der Waals surface area contributed by atoms with Crippen LogP contribution < -0.4 is 0 Å². The maximum Gasteiger partial charge on any atom is 0.149 e. The molecule has 0 rings (SSSR count). The van der Waals surface area contributed by atoms with E-state index in [2.05, 4.69) is 0 Å². The van der Waals surface area contributed by atoms with E-state index in [0.29, 0.717) is 18.8 Å². The molecule has 0 aromatic carbocycles. The van der Waals surface area contributed by atoms with Crippen molar-refractivity contribution in [3.63, 3.8) is 0 Å². The molecule has 0 aliphatic heterocycles. The standard InChI is InChI=1S/C9H15NO/c1-4-9(11)8(6-10)5-7(2)3/h7-8H,4-5H2,1-3H3. The lowest BCUT2D eigenvalue weighted by atomic mass is 9.93. The fraction of sp³-hybridized carbons (Fsp3) is 0.778. The summed E-state index contributed by atoms with van der Waals surface area (Å²) in [7, 11) is 0. The van der Waals surface area contributed by atoms with Crippen molar-refractivity contribution in [3.8, 4) is 6.07 Å². The topological polar surface area (TPSA) is 40.9 Å². The van der Waals surface area contributed by atoms with E-state index in [1.807, 2.05) is 19.9 Å². The highest BCUT2D eigenvalue weighted by atomic mass is 16.1. The molecule has 0 saturated heterocycles. The lowest BCUT2D eigenvalue weighted by Crippen LogP contribution is -2.13. The van der Waals surface area contributed by atoms with Crippen molar-refractivity contribution in [2.24, 2.45) is 11.8 Å². The zero-order valence-corrected chi connectivity index (χ0v) is 7.42. The van der Waals surface area contributed by atoms with E-state index < -0.39 is 0 Å². The summed E-state index contributed by atoms with van der Waals surface area (Å²) in [4.78, 5) is 11.1. The van der Waals surface area contributed by atoms with Gasteiger partial charge in [0.05, 0.1) is 6.07 Å². The Hall–Kier alpha value is -0.840. The van der Waals surface area contributed by atoms with Crippen molar-refractivity contribution >= 4 is 5.78 Å². The largest absolute Gasteiger partial charge is 0.298 e. The summed E-state index contributed by atoms with van der Waals surface area (Å²) >= 11 is 0. The summed E-state index contributed by atoms with van der Waals surface area (Å²) in [6.07, 6.45) is 1.17. The predicted molar refractivity (Wildman–Crippen MR) is 43.9 cm³/mol. The highest BCUT2D eigenvalue weighted by Crippen LogP contribution is 2.12. The van der Waals surface area contributed by atoms with Crippen molar-refractivity contribution in [2.45, 2.75) is 33.6 Å². The third-order valence-corrected chi connectivity index (χ3v) is 1.60. The Balaban J connectivity index is 3.98. The monoisotopic (exact) mass is 153 g/mol. The Morgan fingerprint density at radius 2 is 2.09 bits per heavy atom. The van der Waals surface area contributed by atoms with Crippen LogP contribution in [0.4, 0.5) is 0 Å². The minimum absolute atomic E-state index is 0.0706. The van der Waals surface area contributed by atoms with Gasteiger partial charge in [-0.15, -0.1) is 0 Å². The molecule has 0 spiro atoms. The van der Waals surface area contributed by atoms with Crippen LogP contribution in [0.3, 0.4) is 0 Å². The lowest BCUT2D eigenvalue weighted by Gasteiger charge is -2.08. The van der Waals surface area contributed by atoms with Crippen LogP contribution in [0.1, 0.15) is 33.6 Å². The van der Waals surface area contributed by atoms with E-state index in [1.54, 1.807) is 6.92 Å². The number of nitriles is 1. The Morgan fingerprint density at radius 3 is 2.36 bits per heavy atom. The third-order valence-electron chi connectivity index (χ3n) is 1.60. The van der Waals surface area contributed by atoms with Gasteiger partial charge >= 0.3 is 0 Å². The molecular formula is C9H15NO. The van der Waals surface area contributed by atoms with Crippen LogP contribution in [0, 0.1) is 23.2 Å². The quantitative estimate of drug-likeness (QED) is 0.621.